The minimum Gasteiger partial charge on any atom is -0.465 e. The number of hydrogen-bond donors (Lipinski definition) is 0. The Labute approximate surface area is 177 Å². The van der Waals surface area contributed by atoms with Crippen molar-refractivity contribution in [1.82, 2.24) is 9.88 Å². The first-order chi connectivity index (χ1) is 14.0. The summed E-state index contributed by atoms with van der Waals surface area (Å²) in [5.74, 6) is -0.664. The lowest BCUT2D eigenvalue weighted by Crippen LogP contribution is -2.49. The SMILES string of the molecule is COC(=O)c1ccccc1C(=O)N1CCN(c2nc3c(C)ccc(Cl)c3s2)CC1. The van der Waals surface area contributed by atoms with Gasteiger partial charge in [0, 0.05) is 26.2 Å². The molecule has 1 aliphatic rings. The molecule has 0 unspecified atom stereocenters. The van der Waals surface area contributed by atoms with Crippen molar-refractivity contribution in [2.75, 3.05) is 38.2 Å². The zero-order valence-electron chi connectivity index (χ0n) is 16.1. The zero-order chi connectivity index (χ0) is 20.5. The van der Waals surface area contributed by atoms with Crippen molar-refractivity contribution in [3.8, 4) is 0 Å². The fraction of sp³-hybridized carbons (Fsp3) is 0.286. The van der Waals surface area contributed by atoms with Gasteiger partial charge in [0.15, 0.2) is 5.13 Å². The van der Waals surface area contributed by atoms with E-state index in [1.165, 1.54) is 7.11 Å². The van der Waals surface area contributed by atoms with Crippen molar-refractivity contribution in [2.24, 2.45) is 0 Å². The Bertz CT molecular complexity index is 1050. The molecule has 1 aromatic heterocycles. The predicted molar refractivity (Wildman–Crippen MR) is 115 cm³/mol. The quantitative estimate of drug-likeness (QED) is 0.589. The van der Waals surface area contributed by atoms with E-state index in [-0.39, 0.29) is 5.91 Å². The molecule has 29 heavy (non-hydrogen) atoms. The number of ether oxygens (including phenoxy) is 1. The maximum absolute atomic E-state index is 13.0. The zero-order valence-corrected chi connectivity index (χ0v) is 17.7. The molecule has 8 heteroatoms. The number of aryl methyl sites for hydroxylation is 1. The molecule has 3 aromatic rings. The van der Waals surface area contributed by atoms with Gasteiger partial charge in [0.2, 0.25) is 0 Å². The van der Waals surface area contributed by atoms with Gasteiger partial charge in [-0.05, 0) is 30.7 Å². The van der Waals surface area contributed by atoms with E-state index in [0.717, 1.165) is 20.9 Å². The summed E-state index contributed by atoms with van der Waals surface area (Å²) in [5.41, 5.74) is 2.69. The fourth-order valence-electron chi connectivity index (χ4n) is 3.45. The van der Waals surface area contributed by atoms with Crippen LogP contribution in [0.5, 0.6) is 0 Å². The summed E-state index contributed by atoms with van der Waals surface area (Å²) in [7, 11) is 1.31. The number of halogens is 1. The lowest BCUT2D eigenvalue weighted by atomic mass is 10.1. The first kappa shape index (κ1) is 19.7. The van der Waals surface area contributed by atoms with E-state index in [4.69, 9.17) is 21.3 Å². The molecule has 1 amide bonds. The van der Waals surface area contributed by atoms with Gasteiger partial charge in [0.1, 0.15) is 0 Å². The van der Waals surface area contributed by atoms with Gasteiger partial charge in [-0.3, -0.25) is 4.79 Å². The summed E-state index contributed by atoms with van der Waals surface area (Å²) in [6.07, 6.45) is 0. The van der Waals surface area contributed by atoms with Crippen LogP contribution in [0.1, 0.15) is 26.3 Å². The molecule has 4 rings (SSSR count). The van der Waals surface area contributed by atoms with Crippen LogP contribution in [0.2, 0.25) is 5.02 Å². The maximum Gasteiger partial charge on any atom is 0.338 e. The topological polar surface area (TPSA) is 62.7 Å². The number of hydrogen-bond acceptors (Lipinski definition) is 6. The summed E-state index contributed by atoms with van der Waals surface area (Å²) >= 11 is 7.91. The lowest BCUT2D eigenvalue weighted by molar-refractivity contribution is 0.0589. The summed E-state index contributed by atoms with van der Waals surface area (Å²) < 4.78 is 5.79. The van der Waals surface area contributed by atoms with Crippen LogP contribution in [0.15, 0.2) is 36.4 Å². The monoisotopic (exact) mass is 429 g/mol. The smallest absolute Gasteiger partial charge is 0.338 e. The molecule has 1 fully saturated rings. The van der Waals surface area contributed by atoms with E-state index in [1.807, 2.05) is 19.1 Å². The van der Waals surface area contributed by atoms with Crippen LogP contribution in [0.3, 0.4) is 0 Å². The number of benzene rings is 2. The van der Waals surface area contributed by atoms with Gasteiger partial charge in [-0.2, -0.15) is 0 Å². The summed E-state index contributed by atoms with van der Waals surface area (Å²) in [6, 6.07) is 10.6. The van der Waals surface area contributed by atoms with Gasteiger partial charge in [0.25, 0.3) is 5.91 Å². The Morgan fingerprint density at radius 3 is 2.41 bits per heavy atom. The predicted octanol–water partition coefficient (Wildman–Crippen LogP) is 4.01. The average Bonchev–Trinajstić information content (AvgIpc) is 3.22. The highest BCUT2D eigenvalue weighted by molar-refractivity contribution is 7.22. The summed E-state index contributed by atoms with van der Waals surface area (Å²) in [6.45, 7) is 4.47. The molecule has 2 aromatic carbocycles. The highest BCUT2D eigenvalue weighted by atomic mass is 35.5. The Kier molecular flexibility index (Phi) is 5.43. The Morgan fingerprint density at radius 2 is 1.76 bits per heavy atom. The minimum absolute atomic E-state index is 0.158. The Morgan fingerprint density at radius 1 is 1.07 bits per heavy atom. The van der Waals surface area contributed by atoms with Gasteiger partial charge in [-0.1, -0.05) is 41.1 Å². The third-order valence-electron chi connectivity index (χ3n) is 5.09. The van der Waals surface area contributed by atoms with E-state index < -0.39 is 5.97 Å². The van der Waals surface area contributed by atoms with Gasteiger partial charge >= 0.3 is 5.97 Å². The number of carbonyl (C=O) groups excluding carboxylic acids is 2. The van der Waals surface area contributed by atoms with Crippen molar-refractivity contribution < 1.29 is 14.3 Å². The molecule has 1 saturated heterocycles. The standard InChI is InChI=1S/C21H20ClN3O3S/c1-13-7-8-16(22)18-17(13)23-21(29-18)25-11-9-24(10-12-25)19(26)14-5-3-4-6-15(14)20(27)28-2/h3-8H,9-12H2,1-2H3. The maximum atomic E-state index is 13.0. The minimum atomic E-state index is -0.505. The van der Waals surface area contributed by atoms with Crippen LogP contribution in [0.4, 0.5) is 5.13 Å². The van der Waals surface area contributed by atoms with Gasteiger partial charge in [0.05, 0.1) is 33.5 Å². The third-order valence-corrected chi connectivity index (χ3v) is 6.66. The second-order valence-corrected chi connectivity index (χ2v) is 8.24. The van der Waals surface area contributed by atoms with Crippen molar-refractivity contribution in [3.63, 3.8) is 0 Å². The number of thiazole rings is 1. The number of amides is 1. The first-order valence-corrected chi connectivity index (χ1v) is 10.5. The van der Waals surface area contributed by atoms with Crippen LogP contribution in [0, 0.1) is 6.92 Å². The third kappa shape index (κ3) is 3.68. The second-order valence-electron chi connectivity index (χ2n) is 6.85. The number of anilines is 1. The van der Waals surface area contributed by atoms with Gasteiger partial charge in [-0.15, -0.1) is 0 Å². The molecule has 0 saturated carbocycles. The van der Waals surface area contributed by atoms with Crippen molar-refractivity contribution >= 4 is 50.2 Å². The van der Waals surface area contributed by atoms with Crippen LogP contribution >= 0.6 is 22.9 Å². The fourth-order valence-corrected chi connectivity index (χ4v) is 4.82. The number of aromatic nitrogens is 1. The molecule has 0 radical (unpaired) electrons. The molecule has 1 aliphatic heterocycles. The molecule has 6 nitrogen and oxygen atoms in total. The van der Waals surface area contributed by atoms with E-state index in [9.17, 15) is 9.59 Å². The van der Waals surface area contributed by atoms with Crippen molar-refractivity contribution in [2.45, 2.75) is 6.92 Å². The molecule has 0 aliphatic carbocycles. The molecule has 0 spiro atoms. The molecule has 0 N–H and O–H groups in total. The van der Waals surface area contributed by atoms with E-state index >= 15 is 0 Å². The molecule has 0 atom stereocenters. The Balaban J connectivity index is 1.50. The number of nitrogens with zero attached hydrogens (tertiary/aromatic N) is 3. The van der Waals surface area contributed by atoms with Crippen LogP contribution < -0.4 is 4.90 Å². The number of methoxy groups -OCH3 is 1. The second kappa shape index (κ2) is 8.00. The van der Waals surface area contributed by atoms with Gasteiger partial charge in [-0.25, -0.2) is 9.78 Å². The number of piperazine rings is 1. The molecular formula is C21H20ClN3O3S. The van der Waals surface area contributed by atoms with E-state index in [1.54, 1.807) is 40.5 Å². The van der Waals surface area contributed by atoms with Gasteiger partial charge < -0.3 is 14.5 Å². The molecule has 2 heterocycles. The summed E-state index contributed by atoms with van der Waals surface area (Å²) in [5, 5.41) is 1.63. The van der Waals surface area contributed by atoms with Crippen LogP contribution in [-0.2, 0) is 4.74 Å². The number of rotatable bonds is 3. The molecule has 150 valence electrons. The normalized spacial score (nSPS) is 14.3. The Hall–Kier alpha value is -2.64. The number of carbonyl (C=O) groups is 2. The lowest BCUT2D eigenvalue weighted by Gasteiger charge is -2.34. The van der Waals surface area contributed by atoms with Crippen molar-refractivity contribution in [3.05, 3.63) is 58.1 Å². The number of fused-ring (bicyclic) bond motifs is 1. The van der Waals surface area contributed by atoms with Crippen LogP contribution in [-0.4, -0.2) is 55.0 Å². The first-order valence-electron chi connectivity index (χ1n) is 9.27. The summed E-state index contributed by atoms with van der Waals surface area (Å²) in [4.78, 5) is 33.7. The van der Waals surface area contributed by atoms with E-state index in [2.05, 4.69) is 4.90 Å². The molecule has 0 bridgehead atoms. The van der Waals surface area contributed by atoms with Crippen molar-refractivity contribution in [1.29, 1.82) is 0 Å². The average molecular weight is 430 g/mol. The molecular weight excluding hydrogens is 410 g/mol. The highest BCUT2D eigenvalue weighted by Gasteiger charge is 2.27. The largest absolute Gasteiger partial charge is 0.465 e. The van der Waals surface area contributed by atoms with Crippen LogP contribution in [0.25, 0.3) is 10.2 Å². The van der Waals surface area contributed by atoms with E-state index in [0.29, 0.717) is 42.3 Å². The highest BCUT2D eigenvalue weighted by Crippen LogP contribution is 2.35. The number of esters is 1.